The summed E-state index contributed by atoms with van der Waals surface area (Å²) in [5, 5.41) is 6.81. The van der Waals surface area contributed by atoms with Crippen molar-refractivity contribution in [2.45, 2.75) is 53.5 Å². The highest BCUT2D eigenvalue weighted by Gasteiger charge is 2.13. The fraction of sp³-hybridized carbons (Fsp3) is 0.933. The average molecular weight is 398 g/mol. The normalized spacial score (nSPS) is 13.9. The zero-order valence-electron chi connectivity index (χ0n) is 14.4. The van der Waals surface area contributed by atoms with E-state index in [9.17, 15) is 0 Å². The molecule has 0 aliphatic heterocycles. The predicted molar refractivity (Wildman–Crippen MR) is 101 cm³/mol. The van der Waals surface area contributed by atoms with Crippen molar-refractivity contribution in [2.24, 2.45) is 10.4 Å². The lowest BCUT2D eigenvalue weighted by atomic mass is 9.89. The molecule has 0 aromatic heterocycles. The van der Waals surface area contributed by atoms with Crippen molar-refractivity contribution in [2.75, 3.05) is 33.7 Å². The van der Waals surface area contributed by atoms with Crippen LogP contribution in [-0.2, 0) is 0 Å². The second kappa shape index (κ2) is 11.6. The van der Waals surface area contributed by atoms with Gasteiger partial charge in [-0.05, 0) is 38.8 Å². The van der Waals surface area contributed by atoms with Gasteiger partial charge in [0, 0.05) is 26.2 Å². The van der Waals surface area contributed by atoms with Crippen molar-refractivity contribution in [3.63, 3.8) is 0 Å². The van der Waals surface area contributed by atoms with E-state index in [1.807, 2.05) is 7.05 Å². The SMILES string of the molecule is CCN(C)CCNC(=NC)NC(C)CCC(C)(C)C.I. The smallest absolute Gasteiger partial charge is 0.191 e. The Balaban J connectivity index is 0. The molecule has 4 nitrogen and oxygen atoms in total. The van der Waals surface area contributed by atoms with Gasteiger partial charge in [-0.2, -0.15) is 0 Å². The minimum absolute atomic E-state index is 0. The largest absolute Gasteiger partial charge is 0.355 e. The Kier molecular flexibility index (Phi) is 12.9. The topological polar surface area (TPSA) is 39.7 Å². The summed E-state index contributed by atoms with van der Waals surface area (Å²) < 4.78 is 0. The Morgan fingerprint density at radius 3 is 2.35 bits per heavy atom. The van der Waals surface area contributed by atoms with Crippen LogP contribution >= 0.6 is 24.0 Å². The molecular formula is C15H35IN4. The van der Waals surface area contributed by atoms with Crippen LogP contribution in [0.15, 0.2) is 4.99 Å². The summed E-state index contributed by atoms with van der Waals surface area (Å²) >= 11 is 0. The van der Waals surface area contributed by atoms with E-state index in [4.69, 9.17) is 0 Å². The zero-order valence-corrected chi connectivity index (χ0v) is 16.7. The van der Waals surface area contributed by atoms with Crippen LogP contribution in [0.3, 0.4) is 0 Å². The Morgan fingerprint density at radius 1 is 1.30 bits per heavy atom. The predicted octanol–water partition coefficient (Wildman–Crippen LogP) is 2.94. The molecule has 2 N–H and O–H groups in total. The lowest BCUT2D eigenvalue weighted by Crippen LogP contribution is -2.44. The second-order valence-electron chi connectivity index (χ2n) is 6.54. The second-order valence-corrected chi connectivity index (χ2v) is 6.54. The van der Waals surface area contributed by atoms with Gasteiger partial charge in [-0.1, -0.05) is 27.7 Å². The molecule has 1 atom stereocenters. The Bertz CT molecular complexity index is 261. The fourth-order valence-electron chi connectivity index (χ4n) is 1.67. The average Bonchev–Trinajstić information content (AvgIpc) is 2.34. The highest BCUT2D eigenvalue weighted by molar-refractivity contribution is 14.0. The highest BCUT2D eigenvalue weighted by Crippen LogP contribution is 2.21. The number of hydrogen-bond acceptors (Lipinski definition) is 2. The van der Waals surface area contributed by atoms with Crippen LogP contribution in [0, 0.1) is 5.41 Å². The number of guanidine groups is 1. The Morgan fingerprint density at radius 2 is 1.90 bits per heavy atom. The molecule has 0 aliphatic carbocycles. The monoisotopic (exact) mass is 398 g/mol. The zero-order chi connectivity index (χ0) is 14.9. The van der Waals surface area contributed by atoms with Crippen molar-refractivity contribution in [3.8, 4) is 0 Å². The standard InChI is InChI=1S/C15H34N4.HI/c1-8-19(7)12-11-17-14(16-6)18-13(2)9-10-15(3,4)5;/h13H,8-12H2,1-7H3,(H2,16,17,18);1H. The van der Waals surface area contributed by atoms with Gasteiger partial charge in [-0.15, -0.1) is 24.0 Å². The van der Waals surface area contributed by atoms with Gasteiger partial charge in [0.15, 0.2) is 5.96 Å². The van der Waals surface area contributed by atoms with Gasteiger partial charge >= 0.3 is 0 Å². The van der Waals surface area contributed by atoms with Gasteiger partial charge in [0.1, 0.15) is 0 Å². The van der Waals surface area contributed by atoms with Gasteiger partial charge in [0.2, 0.25) is 0 Å². The molecule has 122 valence electrons. The van der Waals surface area contributed by atoms with Crippen molar-refractivity contribution >= 4 is 29.9 Å². The minimum Gasteiger partial charge on any atom is -0.355 e. The number of hydrogen-bond donors (Lipinski definition) is 2. The Labute approximate surface area is 143 Å². The maximum atomic E-state index is 4.27. The van der Waals surface area contributed by atoms with E-state index in [1.165, 1.54) is 12.8 Å². The van der Waals surface area contributed by atoms with Crippen LogP contribution in [-0.4, -0.2) is 50.6 Å². The van der Waals surface area contributed by atoms with Crippen molar-refractivity contribution in [1.82, 2.24) is 15.5 Å². The van der Waals surface area contributed by atoms with Gasteiger partial charge < -0.3 is 15.5 Å². The molecule has 0 spiro atoms. The summed E-state index contributed by atoms with van der Waals surface area (Å²) in [6.45, 7) is 14.3. The molecule has 0 radical (unpaired) electrons. The maximum absolute atomic E-state index is 4.27. The summed E-state index contributed by atoms with van der Waals surface area (Å²) in [6, 6.07) is 0.453. The first-order valence-electron chi connectivity index (χ1n) is 7.44. The quantitative estimate of drug-likeness (QED) is 0.394. The first kappa shape index (κ1) is 22.2. The number of halogens is 1. The summed E-state index contributed by atoms with van der Waals surface area (Å²) in [6.07, 6.45) is 2.38. The summed E-state index contributed by atoms with van der Waals surface area (Å²) in [5.74, 6) is 0.908. The molecular weight excluding hydrogens is 363 g/mol. The van der Waals surface area contributed by atoms with Crippen LogP contribution in [0.1, 0.15) is 47.5 Å². The molecule has 20 heavy (non-hydrogen) atoms. The summed E-state index contributed by atoms with van der Waals surface area (Å²) in [5.41, 5.74) is 0.400. The van der Waals surface area contributed by atoms with Crippen LogP contribution in [0.4, 0.5) is 0 Å². The third-order valence-electron chi connectivity index (χ3n) is 3.26. The number of nitrogens with zero attached hydrogens (tertiary/aromatic N) is 2. The number of nitrogens with one attached hydrogen (secondary N) is 2. The third kappa shape index (κ3) is 13.0. The molecule has 0 aromatic rings. The van der Waals surface area contributed by atoms with Crippen molar-refractivity contribution in [1.29, 1.82) is 0 Å². The van der Waals surface area contributed by atoms with Crippen LogP contribution in [0.2, 0.25) is 0 Å². The Hall–Kier alpha value is -0.0400. The van der Waals surface area contributed by atoms with E-state index < -0.39 is 0 Å². The lowest BCUT2D eigenvalue weighted by molar-refractivity contribution is 0.344. The van der Waals surface area contributed by atoms with Crippen LogP contribution in [0.25, 0.3) is 0 Å². The first-order valence-corrected chi connectivity index (χ1v) is 7.44. The van der Waals surface area contributed by atoms with Crippen LogP contribution < -0.4 is 10.6 Å². The molecule has 0 amide bonds. The molecule has 0 saturated heterocycles. The van der Waals surface area contributed by atoms with Gasteiger partial charge in [-0.25, -0.2) is 0 Å². The molecule has 0 aliphatic rings. The molecule has 0 aromatic carbocycles. The summed E-state index contributed by atoms with van der Waals surface area (Å²) in [7, 11) is 3.96. The van der Waals surface area contributed by atoms with Crippen LogP contribution in [0.5, 0.6) is 0 Å². The van der Waals surface area contributed by atoms with Gasteiger partial charge in [-0.3, -0.25) is 4.99 Å². The molecule has 0 rings (SSSR count). The van der Waals surface area contributed by atoms with Gasteiger partial charge in [0.25, 0.3) is 0 Å². The maximum Gasteiger partial charge on any atom is 0.191 e. The molecule has 1 unspecified atom stereocenters. The van der Waals surface area contributed by atoms with E-state index in [0.717, 1.165) is 25.6 Å². The first-order chi connectivity index (χ1) is 8.78. The highest BCUT2D eigenvalue weighted by atomic mass is 127. The van der Waals surface area contributed by atoms with Crippen molar-refractivity contribution < 1.29 is 0 Å². The van der Waals surface area contributed by atoms with E-state index in [0.29, 0.717) is 11.5 Å². The lowest BCUT2D eigenvalue weighted by Gasteiger charge is -2.23. The minimum atomic E-state index is 0. The molecule has 5 heteroatoms. The number of aliphatic imine (C=N–C) groups is 1. The van der Waals surface area contributed by atoms with E-state index >= 15 is 0 Å². The number of rotatable bonds is 7. The van der Waals surface area contributed by atoms with Crippen molar-refractivity contribution in [3.05, 3.63) is 0 Å². The molecule has 0 saturated carbocycles. The van der Waals surface area contributed by atoms with E-state index in [1.54, 1.807) is 0 Å². The molecule has 0 heterocycles. The van der Waals surface area contributed by atoms with E-state index in [2.05, 4.69) is 62.2 Å². The molecule has 0 bridgehead atoms. The molecule has 0 fully saturated rings. The third-order valence-corrected chi connectivity index (χ3v) is 3.26. The summed E-state index contributed by atoms with van der Waals surface area (Å²) in [4.78, 5) is 6.55. The van der Waals surface area contributed by atoms with E-state index in [-0.39, 0.29) is 24.0 Å². The number of likely N-dealkylation sites (N-methyl/N-ethyl adjacent to an activating group) is 1. The fourth-order valence-corrected chi connectivity index (χ4v) is 1.67. The van der Waals surface area contributed by atoms with Gasteiger partial charge in [0.05, 0.1) is 0 Å².